The van der Waals surface area contributed by atoms with Crippen molar-refractivity contribution < 1.29 is 42.8 Å². The Kier molecular flexibility index (Phi) is 8.16. The molecule has 34 heavy (non-hydrogen) atoms. The second-order valence-electron chi connectivity index (χ2n) is 6.76. The first-order chi connectivity index (χ1) is 16.4. The number of carbonyl (C=O) groups excluding carboxylic acids is 3. The van der Waals surface area contributed by atoms with Crippen molar-refractivity contribution in [2.24, 2.45) is 0 Å². The van der Waals surface area contributed by atoms with Crippen molar-refractivity contribution in [3.05, 3.63) is 42.0 Å². The maximum atomic E-state index is 12.0. The normalized spacial score (nSPS) is 12.0. The van der Waals surface area contributed by atoms with Gasteiger partial charge in [0.2, 0.25) is 5.75 Å². The van der Waals surface area contributed by atoms with Crippen molar-refractivity contribution in [3.8, 4) is 28.7 Å². The van der Waals surface area contributed by atoms with Crippen LogP contribution < -0.4 is 34.3 Å². The zero-order valence-electron chi connectivity index (χ0n) is 18.8. The van der Waals surface area contributed by atoms with E-state index in [-0.39, 0.29) is 0 Å². The monoisotopic (exact) mass is 472 g/mol. The second kappa shape index (κ2) is 11.5. The number of imide groups is 1. The summed E-state index contributed by atoms with van der Waals surface area (Å²) < 4.78 is 31.5. The van der Waals surface area contributed by atoms with Crippen LogP contribution in [0.15, 0.2) is 36.4 Å². The van der Waals surface area contributed by atoms with Crippen LogP contribution in [0.3, 0.4) is 0 Å². The minimum absolute atomic E-state index is 0.403. The van der Waals surface area contributed by atoms with Crippen LogP contribution in [0.5, 0.6) is 28.7 Å². The van der Waals surface area contributed by atoms with E-state index in [0.29, 0.717) is 53.2 Å². The summed E-state index contributed by atoms with van der Waals surface area (Å²) >= 11 is 0. The van der Waals surface area contributed by atoms with Crippen molar-refractivity contribution in [1.82, 2.24) is 5.32 Å². The largest absolute Gasteiger partial charge is 0.493 e. The fourth-order valence-electron chi connectivity index (χ4n) is 2.99. The van der Waals surface area contributed by atoms with Crippen molar-refractivity contribution in [3.63, 3.8) is 0 Å². The van der Waals surface area contributed by atoms with Crippen LogP contribution >= 0.6 is 0 Å². The lowest BCUT2D eigenvalue weighted by Gasteiger charge is -2.19. The van der Waals surface area contributed by atoms with E-state index in [9.17, 15) is 14.4 Å². The third-order valence-corrected chi connectivity index (χ3v) is 4.50. The quantitative estimate of drug-likeness (QED) is 0.439. The van der Waals surface area contributed by atoms with Crippen LogP contribution in [-0.4, -0.2) is 59.1 Å². The van der Waals surface area contributed by atoms with E-state index in [1.54, 1.807) is 30.3 Å². The highest BCUT2D eigenvalue weighted by Gasteiger charge is 2.15. The number of methoxy groups -OCH3 is 3. The van der Waals surface area contributed by atoms with Crippen LogP contribution in [0, 0.1) is 0 Å². The average Bonchev–Trinajstić information content (AvgIpc) is 2.85. The van der Waals surface area contributed by atoms with Gasteiger partial charge in [-0.15, -0.1) is 0 Å². The summed E-state index contributed by atoms with van der Waals surface area (Å²) in [5, 5.41) is 4.56. The number of hydrogen-bond donors (Lipinski definition) is 2. The molecule has 0 bridgehead atoms. The number of anilines is 1. The molecule has 11 nitrogen and oxygen atoms in total. The Bertz CT molecular complexity index is 1070. The molecule has 0 fully saturated rings. The summed E-state index contributed by atoms with van der Waals surface area (Å²) in [6.45, 7) is 0.207. The SMILES string of the molecule is COc1cc(/C=C/C(=O)OCC(=O)NC(=O)Nc2ccc3c(c2)OCCO3)cc(OC)c1OC. The minimum atomic E-state index is -0.801. The third-order valence-electron chi connectivity index (χ3n) is 4.50. The lowest BCUT2D eigenvalue weighted by Crippen LogP contribution is -2.37. The number of hydrogen-bond acceptors (Lipinski definition) is 9. The maximum Gasteiger partial charge on any atom is 0.331 e. The van der Waals surface area contributed by atoms with E-state index in [1.165, 1.54) is 27.4 Å². The number of rotatable bonds is 8. The lowest BCUT2D eigenvalue weighted by molar-refractivity contribution is -0.143. The summed E-state index contributed by atoms with van der Waals surface area (Å²) in [7, 11) is 4.43. The topological polar surface area (TPSA) is 131 Å². The van der Waals surface area contributed by atoms with Gasteiger partial charge in [0.1, 0.15) is 13.2 Å². The van der Waals surface area contributed by atoms with Gasteiger partial charge in [-0.25, -0.2) is 9.59 Å². The molecule has 180 valence electrons. The summed E-state index contributed by atoms with van der Waals surface area (Å²) in [5.41, 5.74) is 0.981. The van der Waals surface area contributed by atoms with Crippen molar-refractivity contribution in [2.75, 3.05) is 46.5 Å². The Balaban J connectivity index is 1.48. The van der Waals surface area contributed by atoms with E-state index in [1.807, 2.05) is 0 Å². The fourth-order valence-corrected chi connectivity index (χ4v) is 2.99. The van der Waals surface area contributed by atoms with E-state index in [2.05, 4.69) is 10.6 Å². The van der Waals surface area contributed by atoms with Gasteiger partial charge in [0.25, 0.3) is 5.91 Å². The Morgan fingerprint density at radius 2 is 1.62 bits per heavy atom. The van der Waals surface area contributed by atoms with E-state index in [0.717, 1.165) is 6.08 Å². The number of urea groups is 1. The third kappa shape index (κ3) is 6.31. The van der Waals surface area contributed by atoms with Gasteiger partial charge in [0.05, 0.1) is 21.3 Å². The molecule has 2 N–H and O–H groups in total. The standard InChI is InChI=1S/C23H24N2O9/c1-29-18-10-14(11-19(30-2)22(18)31-3)4-7-21(27)34-13-20(26)25-23(28)24-15-5-6-16-17(12-15)33-9-8-32-16/h4-7,10-12H,8-9,13H2,1-3H3,(H2,24,25,26,28)/b7-4+. The van der Waals surface area contributed by atoms with E-state index in [4.69, 9.17) is 28.4 Å². The predicted octanol–water partition coefficient (Wildman–Crippen LogP) is 2.39. The van der Waals surface area contributed by atoms with Gasteiger partial charge in [0, 0.05) is 17.8 Å². The van der Waals surface area contributed by atoms with Crippen LogP contribution in [0.2, 0.25) is 0 Å². The molecule has 2 aromatic rings. The zero-order chi connectivity index (χ0) is 24.5. The number of nitrogens with one attached hydrogen (secondary N) is 2. The molecule has 0 saturated heterocycles. The van der Waals surface area contributed by atoms with Gasteiger partial charge in [-0.2, -0.15) is 0 Å². The van der Waals surface area contributed by atoms with E-state index >= 15 is 0 Å². The molecular formula is C23H24N2O9. The van der Waals surface area contributed by atoms with Crippen LogP contribution in [0.4, 0.5) is 10.5 Å². The van der Waals surface area contributed by atoms with Crippen LogP contribution in [0.25, 0.3) is 6.08 Å². The number of esters is 1. The Labute approximate surface area is 195 Å². The number of ether oxygens (including phenoxy) is 6. The summed E-state index contributed by atoms with van der Waals surface area (Å²) in [4.78, 5) is 35.9. The highest BCUT2D eigenvalue weighted by molar-refractivity contribution is 6.02. The molecule has 0 aliphatic carbocycles. The minimum Gasteiger partial charge on any atom is -0.493 e. The Hall–Kier alpha value is -4.41. The maximum absolute atomic E-state index is 12.0. The molecule has 11 heteroatoms. The molecule has 3 rings (SSSR count). The molecule has 3 amide bonds. The molecule has 1 aliphatic heterocycles. The molecule has 0 unspecified atom stereocenters. The van der Waals surface area contributed by atoms with Gasteiger partial charge in [-0.05, 0) is 35.9 Å². The van der Waals surface area contributed by atoms with Gasteiger partial charge in [0.15, 0.2) is 29.6 Å². The molecule has 0 saturated carbocycles. The first-order valence-electron chi connectivity index (χ1n) is 10.1. The molecule has 0 spiro atoms. The van der Waals surface area contributed by atoms with Crippen LogP contribution in [0.1, 0.15) is 5.56 Å². The predicted molar refractivity (Wildman–Crippen MR) is 121 cm³/mol. The van der Waals surface area contributed by atoms with Gasteiger partial charge in [-0.3, -0.25) is 10.1 Å². The first-order valence-corrected chi connectivity index (χ1v) is 10.1. The van der Waals surface area contributed by atoms with Gasteiger partial charge < -0.3 is 33.7 Å². The van der Waals surface area contributed by atoms with E-state index < -0.39 is 24.5 Å². The van der Waals surface area contributed by atoms with Crippen molar-refractivity contribution in [1.29, 1.82) is 0 Å². The molecular weight excluding hydrogens is 448 g/mol. The highest BCUT2D eigenvalue weighted by atomic mass is 16.6. The second-order valence-corrected chi connectivity index (χ2v) is 6.76. The zero-order valence-corrected chi connectivity index (χ0v) is 18.8. The summed E-state index contributed by atoms with van der Waals surface area (Å²) in [6.07, 6.45) is 2.59. The number of amides is 3. The molecule has 0 radical (unpaired) electrons. The van der Waals surface area contributed by atoms with Gasteiger partial charge in [-0.1, -0.05) is 0 Å². The van der Waals surface area contributed by atoms with Crippen molar-refractivity contribution in [2.45, 2.75) is 0 Å². The van der Waals surface area contributed by atoms with Crippen molar-refractivity contribution >= 4 is 29.7 Å². The lowest BCUT2D eigenvalue weighted by atomic mass is 10.1. The number of fused-ring (bicyclic) bond motifs is 1. The molecule has 0 aromatic heterocycles. The summed E-state index contributed by atoms with van der Waals surface area (Å²) in [6, 6.07) is 7.32. The Morgan fingerprint density at radius 1 is 0.941 bits per heavy atom. The fraction of sp³-hybridized carbons (Fsp3) is 0.261. The average molecular weight is 472 g/mol. The summed E-state index contributed by atoms with van der Waals surface area (Å²) in [5.74, 6) is 0.719. The van der Waals surface area contributed by atoms with Gasteiger partial charge >= 0.3 is 12.0 Å². The molecule has 1 heterocycles. The highest BCUT2D eigenvalue weighted by Crippen LogP contribution is 2.38. The van der Waals surface area contributed by atoms with Crippen LogP contribution in [-0.2, 0) is 14.3 Å². The smallest absolute Gasteiger partial charge is 0.331 e. The first kappa shape index (κ1) is 24.2. The molecule has 2 aromatic carbocycles. The molecule has 0 atom stereocenters. The number of benzene rings is 2. The number of carbonyl (C=O) groups is 3. The molecule has 1 aliphatic rings. The Morgan fingerprint density at radius 3 is 2.26 bits per heavy atom.